The number of carbonyl (C=O) groups is 3. The van der Waals surface area contributed by atoms with Crippen molar-refractivity contribution in [2.45, 2.75) is 19.1 Å². The van der Waals surface area contributed by atoms with Gasteiger partial charge in [0.2, 0.25) is 5.91 Å². The van der Waals surface area contributed by atoms with Crippen molar-refractivity contribution in [3.05, 3.63) is 47.9 Å². The number of rotatable bonds is 8. The molecule has 2 heterocycles. The molecule has 13 heteroatoms. The zero-order valence-electron chi connectivity index (χ0n) is 17.9. The Labute approximate surface area is 220 Å². The van der Waals surface area contributed by atoms with Gasteiger partial charge in [-0.15, -0.1) is 0 Å². The van der Waals surface area contributed by atoms with Crippen molar-refractivity contribution >= 4 is 63.3 Å². The number of primary amides is 1. The largest absolute Gasteiger partial charge is 1.00 e. The van der Waals surface area contributed by atoms with Crippen molar-refractivity contribution in [3.63, 3.8) is 0 Å². The molecule has 0 saturated carbocycles. The molecular weight excluding hydrogens is 479 g/mol. The SMILES string of the molecule is Cc1c(C(=O)C(N)=O)c2c(OCO[C-]=O)cccc2n1C(=O)C(C)SC(=S)n1cccn1.[Na+]. The maximum atomic E-state index is 13.4. The fraction of sp³-hybridized carbons (Fsp3) is 0.200. The number of nitrogens with two attached hydrogens (primary N) is 1. The number of ketones is 1. The minimum atomic E-state index is -1.19. The third kappa shape index (κ3) is 5.53. The van der Waals surface area contributed by atoms with Gasteiger partial charge in [-0.05, 0) is 32.0 Å². The number of amides is 1. The molecule has 3 rings (SSSR count). The van der Waals surface area contributed by atoms with Gasteiger partial charge >= 0.3 is 29.6 Å². The van der Waals surface area contributed by atoms with E-state index < -0.39 is 23.7 Å². The van der Waals surface area contributed by atoms with Crippen LogP contribution >= 0.6 is 24.0 Å². The fourth-order valence-corrected chi connectivity index (χ4v) is 4.43. The summed E-state index contributed by atoms with van der Waals surface area (Å²) in [5, 5.41) is 3.59. The number of nitrogens with zero attached hydrogens (tertiary/aromatic N) is 3. The van der Waals surface area contributed by atoms with Crippen LogP contribution in [0.3, 0.4) is 0 Å². The van der Waals surface area contributed by atoms with E-state index in [1.165, 1.54) is 28.7 Å². The van der Waals surface area contributed by atoms with Crippen LogP contribution in [0.5, 0.6) is 5.75 Å². The van der Waals surface area contributed by atoms with E-state index in [9.17, 15) is 19.2 Å². The van der Waals surface area contributed by atoms with Gasteiger partial charge in [0.1, 0.15) is 5.75 Å². The standard InChI is InChI=1S/C20H17N4O6S2.Na/c1-11-15(17(26)18(21)27)16-13(5-3-6-14(16)30-10-29-9-25)24(11)19(28)12(2)32-20(31)23-8-4-7-22-23;/h3-8,12H,10H2,1-2H3,(H2,21,27);/q-1;+1. The van der Waals surface area contributed by atoms with Crippen molar-refractivity contribution < 1.29 is 58.2 Å². The van der Waals surface area contributed by atoms with E-state index >= 15 is 0 Å². The first-order valence-corrected chi connectivity index (χ1v) is 10.4. The van der Waals surface area contributed by atoms with E-state index in [2.05, 4.69) is 9.84 Å². The molecule has 0 aliphatic heterocycles. The van der Waals surface area contributed by atoms with Gasteiger partial charge in [-0.2, -0.15) is 5.10 Å². The van der Waals surface area contributed by atoms with E-state index in [1.54, 1.807) is 37.5 Å². The first-order valence-electron chi connectivity index (χ1n) is 9.12. The maximum Gasteiger partial charge on any atom is 1.00 e. The van der Waals surface area contributed by atoms with Crippen LogP contribution in [0.4, 0.5) is 0 Å². The Balaban J connectivity index is 0.00000385. The van der Waals surface area contributed by atoms with E-state index in [1.807, 2.05) is 0 Å². The van der Waals surface area contributed by atoms with Gasteiger partial charge in [0.05, 0.1) is 21.7 Å². The number of aromatic nitrogens is 3. The summed E-state index contributed by atoms with van der Waals surface area (Å²) < 4.78 is 13.0. The molecule has 2 aromatic heterocycles. The Morgan fingerprint density at radius 3 is 2.64 bits per heavy atom. The van der Waals surface area contributed by atoms with Gasteiger partial charge in [0.15, 0.2) is 11.1 Å². The second kappa shape index (κ2) is 11.6. The third-order valence-corrected chi connectivity index (χ3v) is 5.93. The number of fused-ring (bicyclic) bond motifs is 1. The van der Waals surface area contributed by atoms with E-state index in [0.717, 1.165) is 11.8 Å². The topological polar surface area (TPSA) is 136 Å². The van der Waals surface area contributed by atoms with E-state index in [-0.39, 0.29) is 57.9 Å². The molecule has 10 nitrogen and oxygen atoms in total. The summed E-state index contributed by atoms with van der Waals surface area (Å²) in [6.45, 7) is 3.94. The van der Waals surface area contributed by atoms with Crippen LogP contribution in [0, 0.1) is 6.92 Å². The number of carbonyl (C=O) groups excluding carboxylic acids is 4. The number of thioether (sulfide) groups is 1. The Hall–Kier alpha value is -2.51. The molecule has 166 valence electrons. The molecule has 0 spiro atoms. The predicted octanol–water partition coefficient (Wildman–Crippen LogP) is -1.17. The van der Waals surface area contributed by atoms with Gasteiger partial charge in [-0.25, -0.2) is 4.68 Å². The molecule has 1 atom stereocenters. The van der Waals surface area contributed by atoms with E-state index in [4.69, 9.17) is 22.7 Å². The van der Waals surface area contributed by atoms with Crippen molar-refractivity contribution in [2.24, 2.45) is 5.73 Å². The third-order valence-electron chi connectivity index (χ3n) is 4.51. The number of hydrogen-bond acceptors (Lipinski definition) is 9. The fourth-order valence-electron chi connectivity index (χ4n) is 3.17. The van der Waals surface area contributed by atoms with Gasteiger partial charge in [0.25, 0.3) is 11.7 Å². The summed E-state index contributed by atoms with van der Waals surface area (Å²) >= 11 is 6.44. The molecular formula is C20H17N4NaO6S2. The van der Waals surface area contributed by atoms with Crippen LogP contribution < -0.4 is 40.0 Å². The number of benzene rings is 1. The molecule has 0 fully saturated rings. The first-order chi connectivity index (χ1) is 15.3. The number of Topliss-reactive ketones (excluding diaryl/α,β-unsaturated/α-hetero) is 1. The second-order valence-corrected chi connectivity index (χ2v) is 8.42. The monoisotopic (exact) mass is 496 g/mol. The molecule has 0 saturated heterocycles. The molecule has 0 radical (unpaired) electrons. The average Bonchev–Trinajstić information content (AvgIpc) is 3.39. The van der Waals surface area contributed by atoms with Crippen LogP contribution in [0.15, 0.2) is 36.7 Å². The minimum absolute atomic E-state index is 0. The predicted molar refractivity (Wildman–Crippen MR) is 120 cm³/mol. The molecule has 1 unspecified atom stereocenters. The zero-order chi connectivity index (χ0) is 23.4. The van der Waals surface area contributed by atoms with Gasteiger partial charge in [0, 0.05) is 18.1 Å². The van der Waals surface area contributed by atoms with Gasteiger partial charge in [-0.1, -0.05) is 36.5 Å². The molecule has 2 N–H and O–H groups in total. The van der Waals surface area contributed by atoms with Crippen molar-refractivity contribution in [1.82, 2.24) is 14.3 Å². The van der Waals surface area contributed by atoms with Crippen LogP contribution in [0.25, 0.3) is 10.9 Å². The molecule has 1 amide bonds. The molecule has 0 aliphatic rings. The summed E-state index contributed by atoms with van der Waals surface area (Å²) in [4.78, 5) is 48.0. The Morgan fingerprint density at radius 1 is 1.30 bits per heavy atom. The second-order valence-electron chi connectivity index (χ2n) is 6.44. The van der Waals surface area contributed by atoms with Crippen molar-refractivity contribution in [1.29, 1.82) is 0 Å². The summed E-state index contributed by atoms with van der Waals surface area (Å²) in [6.07, 6.45) is 3.23. The molecule has 0 aliphatic carbocycles. The smallest absolute Gasteiger partial charge is 0.626 e. The Bertz CT molecular complexity index is 1230. The van der Waals surface area contributed by atoms with Gasteiger partial charge in [-0.3, -0.25) is 19.0 Å². The molecule has 1 aromatic carbocycles. The van der Waals surface area contributed by atoms with Crippen molar-refractivity contribution in [3.8, 4) is 5.75 Å². The summed E-state index contributed by atoms with van der Waals surface area (Å²) in [6, 6.07) is 6.41. The van der Waals surface area contributed by atoms with Gasteiger partial charge < -0.3 is 20.0 Å². The van der Waals surface area contributed by atoms with Crippen LogP contribution in [0.2, 0.25) is 0 Å². The number of hydrogen-bond donors (Lipinski definition) is 1. The van der Waals surface area contributed by atoms with E-state index in [0.29, 0.717) is 9.84 Å². The number of ether oxygens (including phenoxy) is 2. The maximum absolute atomic E-state index is 13.4. The normalized spacial score (nSPS) is 11.3. The Morgan fingerprint density at radius 2 is 2.03 bits per heavy atom. The average molecular weight is 497 g/mol. The summed E-state index contributed by atoms with van der Waals surface area (Å²) in [7, 11) is 0. The van der Waals surface area contributed by atoms with Crippen molar-refractivity contribution in [2.75, 3.05) is 6.79 Å². The molecule has 0 bridgehead atoms. The quantitative estimate of drug-likeness (QED) is 0.0779. The van der Waals surface area contributed by atoms with Crippen LogP contribution in [-0.4, -0.2) is 54.8 Å². The molecule has 33 heavy (non-hydrogen) atoms. The summed E-state index contributed by atoms with van der Waals surface area (Å²) in [5.41, 5.74) is 5.70. The first kappa shape index (κ1) is 26.7. The van der Waals surface area contributed by atoms with Crippen LogP contribution in [0.1, 0.15) is 27.8 Å². The van der Waals surface area contributed by atoms with Crippen LogP contribution in [-0.2, 0) is 14.3 Å². The molecule has 3 aromatic rings. The summed E-state index contributed by atoms with van der Waals surface area (Å²) in [5.74, 6) is -2.42. The zero-order valence-corrected chi connectivity index (χ0v) is 21.6. The minimum Gasteiger partial charge on any atom is -0.626 e. The number of thiocarbonyl (C=S) groups is 1. The Kier molecular flexibility index (Phi) is 9.37.